The van der Waals surface area contributed by atoms with E-state index in [1.54, 1.807) is 0 Å². The van der Waals surface area contributed by atoms with Crippen LogP contribution in [0, 0.1) is 0 Å². The minimum atomic E-state index is 0.513. The van der Waals surface area contributed by atoms with Crippen LogP contribution in [0.25, 0.3) is 0 Å². The Kier molecular flexibility index (Phi) is 10.2. The summed E-state index contributed by atoms with van der Waals surface area (Å²) >= 11 is 0. The largest absolute Gasteiger partial charge is 0.378 e. The van der Waals surface area contributed by atoms with Crippen LogP contribution in [0.1, 0.15) is 44.9 Å². The molecule has 6 heteroatoms. The van der Waals surface area contributed by atoms with E-state index in [0.717, 1.165) is 38.6 Å². The molecule has 1 aliphatic heterocycles. The molecule has 0 bridgehead atoms. The van der Waals surface area contributed by atoms with Crippen molar-refractivity contribution in [3.05, 3.63) is 0 Å². The summed E-state index contributed by atoms with van der Waals surface area (Å²) in [7, 11) is 4.06. The molecule has 2 rings (SSSR count). The minimum absolute atomic E-state index is 0.513. The maximum absolute atomic E-state index is 5.97. The number of aliphatic imine (C=N–C) groups is 1. The SMILES string of the molecule is CN=C(NCCCOC1CCCCC1)NCCN1CCCN(C)CC1. The number of nitrogens with zero attached hydrogens (tertiary/aromatic N) is 3. The van der Waals surface area contributed by atoms with Crippen molar-refractivity contribution >= 4 is 5.96 Å². The fraction of sp³-hybridized carbons (Fsp3) is 0.947. The Morgan fingerprint density at radius 1 is 1.00 bits per heavy atom. The molecule has 1 heterocycles. The van der Waals surface area contributed by atoms with Crippen molar-refractivity contribution in [1.29, 1.82) is 0 Å². The van der Waals surface area contributed by atoms with Gasteiger partial charge in [0.25, 0.3) is 0 Å². The summed E-state index contributed by atoms with van der Waals surface area (Å²) in [6, 6.07) is 0. The highest BCUT2D eigenvalue weighted by Gasteiger charge is 2.13. The van der Waals surface area contributed by atoms with E-state index < -0.39 is 0 Å². The normalized spacial score (nSPS) is 21.9. The summed E-state index contributed by atoms with van der Waals surface area (Å²) < 4.78 is 5.97. The fourth-order valence-corrected chi connectivity index (χ4v) is 3.64. The number of guanidine groups is 1. The van der Waals surface area contributed by atoms with E-state index in [4.69, 9.17) is 4.74 Å². The van der Waals surface area contributed by atoms with Crippen LogP contribution in [-0.2, 0) is 4.74 Å². The molecule has 6 nitrogen and oxygen atoms in total. The van der Waals surface area contributed by atoms with Gasteiger partial charge >= 0.3 is 0 Å². The highest BCUT2D eigenvalue weighted by atomic mass is 16.5. The number of hydrogen-bond donors (Lipinski definition) is 2. The Morgan fingerprint density at radius 2 is 1.80 bits per heavy atom. The van der Waals surface area contributed by atoms with Gasteiger partial charge < -0.3 is 25.2 Å². The van der Waals surface area contributed by atoms with Crippen LogP contribution in [0.5, 0.6) is 0 Å². The number of likely N-dealkylation sites (N-methyl/N-ethyl adjacent to an activating group) is 1. The van der Waals surface area contributed by atoms with Crippen molar-refractivity contribution in [2.24, 2.45) is 4.99 Å². The first kappa shape index (κ1) is 20.5. The van der Waals surface area contributed by atoms with Crippen LogP contribution in [0.3, 0.4) is 0 Å². The first-order valence-electron chi connectivity index (χ1n) is 10.2. The Balaban J connectivity index is 1.48. The van der Waals surface area contributed by atoms with Crippen LogP contribution in [0.2, 0.25) is 0 Å². The molecule has 0 unspecified atom stereocenters. The molecule has 0 aromatic heterocycles. The molecule has 2 aliphatic rings. The number of rotatable bonds is 8. The third kappa shape index (κ3) is 8.88. The molecule has 25 heavy (non-hydrogen) atoms. The number of hydrogen-bond acceptors (Lipinski definition) is 4. The van der Waals surface area contributed by atoms with Crippen molar-refractivity contribution in [3.63, 3.8) is 0 Å². The molecule has 0 spiro atoms. The van der Waals surface area contributed by atoms with Crippen LogP contribution >= 0.6 is 0 Å². The lowest BCUT2D eigenvalue weighted by atomic mass is 9.98. The molecule has 0 amide bonds. The first-order chi connectivity index (χ1) is 12.3. The number of nitrogens with one attached hydrogen (secondary N) is 2. The lowest BCUT2D eigenvalue weighted by Crippen LogP contribution is -2.42. The standard InChI is InChI=1S/C19H39N5O/c1-20-19(21-10-6-17-25-18-8-4-3-5-9-18)22-11-14-24-13-7-12-23(2)15-16-24/h18H,3-17H2,1-2H3,(H2,20,21,22). The van der Waals surface area contributed by atoms with Gasteiger partial charge in [-0.1, -0.05) is 19.3 Å². The maximum Gasteiger partial charge on any atom is 0.191 e. The second kappa shape index (κ2) is 12.5. The summed E-state index contributed by atoms with van der Waals surface area (Å²) in [6.45, 7) is 8.57. The third-order valence-electron chi connectivity index (χ3n) is 5.28. The molecule has 0 atom stereocenters. The van der Waals surface area contributed by atoms with E-state index in [2.05, 4.69) is 32.5 Å². The van der Waals surface area contributed by atoms with Crippen molar-refractivity contribution in [2.75, 3.05) is 66.5 Å². The van der Waals surface area contributed by atoms with Gasteiger partial charge in [0.2, 0.25) is 0 Å². The fourth-order valence-electron chi connectivity index (χ4n) is 3.64. The number of ether oxygens (including phenoxy) is 1. The second-order valence-corrected chi connectivity index (χ2v) is 7.41. The van der Waals surface area contributed by atoms with Crippen LogP contribution in [-0.4, -0.2) is 88.4 Å². The molecule has 0 radical (unpaired) electrons. The Labute approximate surface area is 154 Å². The van der Waals surface area contributed by atoms with Gasteiger partial charge in [0.1, 0.15) is 0 Å². The second-order valence-electron chi connectivity index (χ2n) is 7.41. The van der Waals surface area contributed by atoms with Crippen LogP contribution < -0.4 is 10.6 Å². The summed E-state index contributed by atoms with van der Waals surface area (Å²) in [6.07, 6.45) is 9.39. The average Bonchev–Trinajstić information content (AvgIpc) is 2.85. The van der Waals surface area contributed by atoms with E-state index in [1.807, 2.05) is 7.05 Å². The minimum Gasteiger partial charge on any atom is -0.378 e. The molecule has 2 N–H and O–H groups in total. The Bertz CT molecular complexity index is 371. The van der Waals surface area contributed by atoms with Gasteiger partial charge in [-0.3, -0.25) is 4.99 Å². The van der Waals surface area contributed by atoms with Gasteiger partial charge in [0.15, 0.2) is 5.96 Å². The third-order valence-corrected chi connectivity index (χ3v) is 5.28. The molecule has 1 saturated carbocycles. The monoisotopic (exact) mass is 353 g/mol. The highest BCUT2D eigenvalue weighted by molar-refractivity contribution is 5.79. The van der Waals surface area contributed by atoms with Crippen LogP contribution in [0.4, 0.5) is 0 Å². The van der Waals surface area contributed by atoms with Crippen molar-refractivity contribution < 1.29 is 4.74 Å². The molecule has 0 aromatic rings. The molecular formula is C19H39N5O. The molecule has 1 aliphatic carbocycles. The lowest BCUT2D eigenvalue weighted by Gasteiger charge is -2.22. The van der Waals surface area contributed by atoms with Gasteiger partial charge in [-0.05, 0) is 45.8 Å². The summed E-state index contributed by atoms with van der Waals surface area (Å²) in [5.41, 5.74) is 0. The van der Waals surface area contributed by atoms with E-state index in [-0.39, 0.29) is 0 Å². The van der Waals surface area contributed by atoms with Crippen LogP contribution in [0.15, 0.2) is 4.99 Å². The topological polar surface area (TPSA) is 52.1 Å². The van der Waals surface area contributed by atoms with E-state index in [0.29, 0.717) is 6.10 Å². The van der Waals surface area contributed by atoms with Crippen molar-refractivity contribution in [3.8, 4) is 0 Å². The molecular weight excluding hydrogens is 314 g/mol. The zero-order valence-corrected chi connectivity index (χ0v) is 16.4. The van der Waals surface area contributed by atoms with Gasteiger partial charge in [-0.25, -0.2) is 0 Å². The predicted octanol–water partition coefficient (Wildman–Crippen LogP) is 1.53. The van der Waals surface area contributed by atoms with Crippen molar-refractivity contribution in [2.45, 2.75) is 51.0 Å². The first-order valence-corrected chi connectivity index (χ1v) is 10.2. The zero-order chi connectivity index (χ0) is 17.7. The highest BCUT2D eigenvalue weighted by Crippen LogP contribution is 2.20. The predicted molar refractivity (Wildman–Crippen MR) is 105 cm³/mol. The van der Waals surface area contributed by atoms with E-state index >= 15 is 0 Å². The summed E-state index contributed by atoms with van der Waals surface area (Å²) in [5.74, 6) is 0.907. The summed E-state index contributed by atoms with van der Waals surface area (Å²) in [4.78, 5) is 9.28. The Morgan fingerprint density at radius 3 is 2.60 bits per heavy atom. The molecule has 146 valence electrons. The smallest absolute Gasteiger partial charge is 0.191 e. The van der Waals surface area contributed by atoms with Crippen molar-refractivity contribution in [1.82, 2.24) is 20.4 Å². The average molecular weight is 354 g/mol. The van der Waals surface area contributed by atoms with Gasteiger partial charge in [-0.15, -0.1) is 0 Å². The van der Waals surface area contributed by atoms with Gasteiger partial charge in [0.05, 0.1) is 6.10 Å². The van der Waals surface area contributed by atoms with Gasteiger partial charge in [-0.2, -0.15) is 0 Å². The summed E-state index contributed by atoms with van der Waals surface area (Å²) in [5, 5.41) is 6.83. The molecule has 1 saturated heterocycles. The molecule has 2 fully saturated rings. The maximum atomic E-state index is 5.97. The quantitative estimate of drug-likeness (QED) is 0.394. The molecule has 0 aromatic carbocycles. The van der Waals surface area contributed by atoms with E-state index in [9.17, 15) is 0 Å². The van der Waals surface area contributed by atoms with E-state index in [1.165, 1.54) is 64.7 Å². The van der Waals surface area contributed by atoms with Gasteiger partial charge in [0, 0.05) is 46.4 Å². The Hall–Kier alpha value is -0.850. The lowest BCUT2D eigenvalue weighted by molar-refractivity contribution is 0.0277. The zero-order valence-electron chi connectivity index (χ0n) is 16.4.